The lowest BCUT2D eigenvalue weighted by molar-refractivity contribution is 0.0360. The topological polar surface area (TPSA) is 292 Å². The highest BCUT2D eigenvalue weighted by atomic mass is 35.5. The van der Waals surface area contributed by atoms with E-state index in [4.69, 9.17) is 106 Å². The molecule has 1 fully saturated rings. The van der Waals surface area contributed by atoms with E-state index in [0.717, 1.165) is 200 Å². The van der Waals surface area contributed by atoms with Gasteiger partial charge in [-0.25, -0.2) is 44.2 Å². The molecule has 638 valence electrons. The van der Waals surface area contributed by atoms with Gasteiger partial charge in [0, 0.05) is 79.0 Å². The molecule has 1 saturated heterocycles. The second-order valence-electron chi connectivity index (χ2n) is 32.0. The standard InChI is InChI=1S/C34H50Cl2N4O5S.C26H37Cl2N3O3S.C25H35Cl2N3O3S/c1-23-18-26(46(42,43)38-16-10-8-6-5-7-9-15-37)13-14-31(23)44-32-28-19-24(35)20-29(36)27(28)21-30(32)40-17-11-12-25(22-40)39-33(41)45-34(2,3)4;1-18-14-20(35(32,33)30-13-9-7-5-4-6-8-12-29)10-11-25(18)34-26-22-15-19(27)16-23(28)21(22)17-24(26)31(2)3;1-30(2)24-17-21-22(15-18(26)16-23(21)27)25(24)33-19-9-11-20(12-10-19)34(31,32)29-14-8-6-4-3-5-7-13-28/h13-14,18-20,25,30,32,38H,5-12,15-17,21-22,37H2,1-4H3,(H,39,41);10-11,14-16,24,26,30H,4-9,12-13,17,29H2,1-3H3;9-12,15-16,24-25,29H,3-8,13-14,17,28H2,1-2H3/t25-,30+,32+;24-,26-;24-,25-/m100/s1. The highest BCUT2D eigenvalue weighted by Gasteiger charge is 2.43. The zero-order chi connectivity index (χ0) is 83.8. The Balaban J connectivity index is 0.000000219. The normalized spacial score (nSPS) is 18.8. The fourth-order valence-electron chi connectivity index (χ4n) is 15.2. The van der Waals surface area contributed by atoms with Gasteiger partial charge in [-0.2, -0.15) is 0 Å². The number of aryl methyl sites for hydroxylation is 2. The minimum Gasteiger partial charge on any atom is -0.484 e. The summed E-state index contributed by atoms with van der Waals surface area (Å²) in [5.41, 5.74) is 23.4. The van der Waals surface area contributed by atoms with Crippen molar-refractivity contribution in [3.63, 3.8) is 0 Å². The first-order chi connectivity index (χ1) is 54.6. The summed E-state index contributed by atoms with van der Waals surface area (Å²) in [5.74, 6) is 1.83. The molecular formula is C85H122Cl6N10O11S3. The van der Waals surface area contributed by atoms with Crippen LogP contribution in [-0.4, -0.2) is 156 Å². The van der Waals surface area contributed by atoms with Gasteiger partial charge >= 0.3 is 6.09 Å². The van der Waals surface area contributed by atoms with Gasteiger partial charge in [-0.1, -0.05) is 147 Å². The van der Waals surface area contributed by atoms with E-state index in [1.165, 1.54) is 0 Å². The van der Waals surface area contributed by atoms with Crippen molar-refractivity contribution in [2.24, 2.45) is 17.2 Å². The maximum absolute atomic E-state index is 13.1. The number of nitrogens with one attached hydrogen (secondary N) is 4. The van der Waals surface area contributed by atoms with Crippen LogP contribution in [-0.2, 0) is 54.1 Å². The lowest BCUT2D eigenvalue weighted by Gasteiger charge is -2.39. The Bertz CT molecular complexity index is 4490. The predicted octanol–water partition coefficient (Wildman–Crippen LogP) is 17.6. The van der Waals surface area contributed by atoms with Crippen LogP contribution in [0.4, 0.5) is 4.79 Å². The van der Waals surface area contributed by atoms with Crippen LogP contribution in [0, 0.1) is 13.8 Å². The molecule has 6 aromatic carbocycles. The minimum atomic E-state index is -3.65. The molecule has 0 saturated carbocycles. The van der Waals surface area contributed by atoms with E-state index in [2.05, 4.69) is 34.2 Å². The van der Waals surface area contributed by atoms with E-state index in [9.17, 15) is 30.0 Å². The van der Waals surface area contributed by atoms with Crippen molar-refractivity contribution in [2.45, 2.75) is 245 Å². The van der Waals surface area contributed by atoms with Crippen molar-refractivity contribution in [2.75, 3.05) is 80.5 Å². The zero-order valence-electron chi connectivity index (χ0n) is 68.3. The summed E-state index contributed by atoms with van der Waals surface area (Å²) in [6.07, 6.45) is 21.2. The molecule has 0 radical (unpaired) electrons. The number of alkyl carbamates (subject to hydrolysis) is 1. The van der Waals surface area contributed by atoms with Crippen LogP contribution >= 0.6 is 69.6 Å². The Morgan fingerprint density at radius 1 is 0.470 bits per heavy atom. The van der Waals surface area contributed by atoms with Crippen LogP contribution in [0.2, 0.25) is 30.1 Å². The Morgan fingerprint density at radius 2 is 0.826 bits per heavy atom. The van der Waals surface area contributed by atoms with Gasteiger partial charge < -0.3 is 51.3 Å². The number of amides is 1. The van der Waals surface area contributed by atoms with Crippen LogP contribution in [0.25, 0.3) is 0 Å². The molecule has 10 rings (SSSR count). The molecule has 21 nitrogen and oxygen atoms in total. The lowest BCUT2D eigenvalue weighted by atomic mass is 10.0. The summed E-state index contributed by atoms with van der Waals surface area (Å²) in [7, 11) is -2.76. The number of likely N-dealkylation sites (N-methyl/N-ethyl adjacent to an activating group) is 2. The molecule has 0 spiro atoms. The molecule has 115 heavy (non-hydrogen) atoms. The van der Waals surface area contributed by atoms with Crippen LogP contribution < -0.4 is 50.9 Å². The number of carbonyl (C=O) groups excluding carboxylic acids is 1. The number of hydrogen-bond acceptors (Lipinski definition) is 17. The van der Waals surface area contributed by atoms with Crippen LogP contribution in [0.1, 0.15) is 212 Å². The molecule has 7 atom stereocenters. The molecule has 1 heterocycles. The van der Waals surface area contributed by atoms with Gasteiger partial charge in [0.2, 0.25) is 30.1 Å². The van der Waals surface area contributed by atoms with Gasteiger partial charge in [0.1, 0.15) is 41.2 Å². The van der Waals surface area contributed by atoms with E-state index >= 15 is 0 Å². The smallest absolute Gasteiger partial charge is 0.407 e. The number of carbonyl (C=O) groups is 1. The van der Waals surface area contributed by atoms with Gasteiger partial charge in [0.15, 0.2) is 0 Å². The molecule has 6 aromatic rings. The number of rotatable bonds is 40. The lowest BCUT2D eigenvalue weighted by Crippen LogP contribution is -2.53. The number of nitrogens with two attached hydrogens (primary N) is 3. The molecule has 3 aliphatic carbocycles. The van der Waals surface area contributed by atoms with E-state index in [1.807, 2.05) is 81.0 Å². The first kappa shape index (κ1) is 95.7. The first-order valence-corrected chi connectivity index (χ1v) is 47.3. The van der Waals surface area contributed by atoms with Gasteiger partial charge in [0.05, 0.1) is 32.8 Å². The summed E-state index contributed by atoms with van der Waals surface area (Å²) in [6.45, 7) is 14.2. The fourth-order valence-corrected chi connectivity index (χ4v) is 20.3. The van der Waals surface area contributed by atoms with Gasteiger partial charge in [-0.05, 0) is 284 Å². The molecule has 0 unspecified atom stereocenters. The number of ether oxygens (including phenoxy) is 4. The number of fused-ring (bicyclic) bond motifs is 3. The van der Waals surface area contributed by atoms with Gasteiger partial charge in [0.25, 0.3) is 0 Å². The third kappa shape index (κ3) is 28.7. The average Bonchev–Trinajstić information content (AvgIpc) is 1.64. The Morgan fingerprint density at radius 3 is 1.22 bits per heavy atom. The molecule has 0 aromatic heterocycles. The number of unbranched alkanes of at least 4 members (excludes halogenated alkanes) is 15. The van der Waals surface area contributed by atoms with Crippen LogP contribution in [0.15, 0.2) is 112 Å². The van der Waals surface area contributed by atoms with Crippen LogP contribution in [0.5, 0.6) is 17.2 Å². The minimum absolute atomic E-state index is 0.0611. The fraction of sp³-hybridized carbons (Fsp3) is 0.565. The van der Waals surface area contributed by atoms with Crippen molar-refractivity contribution in [1.82, 2.24) is 34.2 Å². The maximum Gasteiger partial charge on any atom is 0.407 e. The number of piperidine rings is 1. The summed E-state index contributed by atoms with van der Waals surface area (Å²) in [6, 6.07) is 27.6. The molecule has 1 aliphatic heterocycles. The SMILES string of the molecule is CN(C)[C@H]1Cc2c(Cl)cc(Cl)cc2[C@@H]1Oc1ccc(S(=O)(=O)NCCCCCCCCN)cc1.Cc1cc(S(=O)(=O)NCCCCCCCCN)ccc1O[C@H]1c2cc(Cl)cc(Cl)c2C[C@@H]1N(C)C.Cc1cc(S(=O)(=O)NCCCCCCCCN)ccc1O[C@H]1c2cc(Cl)cc(Cl)c2C[C@@H]1N1CCC[C@@H](NC(=O)OC(C)(C)C)C1. The number of benzene rings is 6. The molecule has 10 N–H and O–H groups in total. The number of halogens is 6. The highest BCUT2D eigenvalue weighted by Crippen LogP contribution is 2.47. The highest BCUT2D eigenvalue weighted by molar-refractivity contribution is 7.90. The van der Waals surface area contributed by atoms with Crippen molar-refractivity contribution >= 4 is 106 Å². The molecule has 0 bridgehead atoms. The van der Waals surface area contributed by atoms with E-state index in [-0.39, 0.29) is 51.1 Å². The predicted molar refractivity (Wildman–Crippen MR) is 468 cm³/mol. The van der Waals surface area contributed by atoms with Crippen molar-refractivity contribution < 1.29 is 49.0 Å². The summed E-state index contributed by atoms with van der Waals surface area (Å²) in [4.78, 5) is 19.8. The number of likely N-dealkylation sites (tertiary alicyclic amines) is 1. The van der Waals surface area contributed by atoms with Crippen molar-refractivity contribution in [1.29, 1.82) is 0 Å². The number of nitrogens with zero attached hydrogens (tertiary/aromatic N) is 3. The first-order valence-electron chi connectivity index (χ1n) is 40.5. The third-order valence-corrected chi connectivity index (χ3v) is 27.4. The van der Waals surface area contributed by atoms with E-state index in [1.54, 1.807) is 78.9 Å². The van der Waals surface area contributed by atoms with E-state index in [0.29, 0.717) is 92.1 Å². The van der Waals surface area contributed by atoms with Crippen molar-refractivity contribution in [3.05, 3.63) is 172 Å². The summed E-state index contributed by atoms with van der Waals surface area (Å²) in [5, 5.41) is 6.59. The third-order valence-electron chi connectivity index (χ3n) is 21.3. The molecule has 1 amide bonds. The monoisotopic (exact) mass is 1760 g/mol. The number of hydrogen-bond donors (Lipinski definition) is 7. The Kier molecular flexibility index (Phi) is 38.1. The Hall–Kier alpha value is -4.78. The Labute approximate surface area is 715 Å². The number of sulfonamides is 3. The van der Waals surface area contributed by atoms with E-state index < -0.39 is 47.9 Å². The molecular weight excluding hydrogens is 1650 g/mol. The maximum atomic E-state index is 13.1. The average molecular weight is 1770 g/mol. The van der Waals surface area contributed by atoms with Gasteiger partial charge in [-0.3, -0.25) is 4.90 Å². The second kappa shape index (κ2) is 45.7. The largest absolute Gasteiger partial charge is 0.484 e. The molecule has 30 heteroatoms. The van der Waals surface area contributed by atoms with Crippen molar-refractivity contribution in [3.8, 4) is 17.2 Å². The summed E-state index contributed by atoms with van der Waals surface area (Å²) < 4.78 is 110. The zero-order valence-corrected chi connectivity index (χ0v) is 75.2. The molecule has 4 aliphatic rings. The quantitative estimate of drug-likeness (QED) is 0.0176. The summed E-state index contributed by atoms with van der Waals surface area (Å²) >= 11 is 38.6. The van der Waals surface area contributed by atoms with Crippen LogP contribution in [0.3, 0.4) is 0 Å². The second-order valence-corrected chi connectivity index (χ2v) is 39.8. The van der Waals surface area contributed by atoms with Gasteiger partial charge in [-0.15, -0.1) is 0 Å².